The standard InChI is InChI=1S/C6H14N2OS/c1-2-8-3-6(4-8)5-10(7)9/h6H,2-5,7H2,1H3. The Labute approximate surface area is 64.2 Å². The minimum Gasteiger partial charge on any atom is -0.303 e. The first-order valence-electron chi connectivity index (χ1n) is 3.57. The number of hydrogen-bond acceptors (Lipinski definition) is 2. The van der Waals surface area contributed by atoms with Crippen LogP contribution in [0.3, 0.4) is 0 Å². The summed E-state index contributed by atoms with van der Waals surface area (Å²) < 4.78 is 10.5. The van der Waals surface area contributed by atoms with Crippen LogP contribution in [-0.2, 0) is 11.0 Å². The summed E-state index contributed by atoms with van der Waals surface area (Å²) in [4.78, 5) is 2.32. The molecule has 1 aliphatic rings. The van der Waals surface area contributed by atoms with Crippen LogP contribution in [-0.4, -0.2) is 34.5 Å². The summed E-state index contributed by atoms with van der Waals surface area (Å²) in [6.07, 6.45) is 0. The molecule has 0 saturated carbocycles. The lowest BCUT2D eigenvalue weighted by atomic mass is 10.0. The number of nitrogens with two attached hydrogens (primary N) is 1. The van der Waals surface area contributed by atoms with Gasteiger partial charge in [0.2, 0.25) is 0 Å². The fourth-order valence-electron chi connectivity index (χ4n) is 1.27. The molecule has 0 aliphatic carbocycles. The third-order valence-electron chi connectivity index (χ3n) is 1.88. The van der Waals surface area contributed by atoms with E-state index in [9.17, 15) is 4.21 Å². The molecule has 0 aromatic heterocycles. The second-order valence-corrected chi connectivity index (χ2v) is 3.86. The molecule has 2 N–H and O–H groups in total. The van der Waals surface area contributed by atoms with Crippen LogP contribution in [0.15, 0.2) is 0 Å². The van der Waals surface area contributed by atoms with Gasteiger partial charge in [0, 0.05) is 18.8 Å². The van der Waals surface area contributed by atoms with Crippen molar-refractivity contribution in [2.45, 2.75) is 6.92 Å². The Morgan fingerprint density at radius 3 is 2.70 bits per heavy atom. The molecule has 0 aromatic carbocycles. The first kappa shape index (κ1) is 8.17. The summed E-state index contributed by atoms with van der Waals surface area (Å²) >= 11 is 0. The molecule has 4 heteroatoms. The molecule has 0 bridgehead atoms. The smallest absolute Gasteiger partial charge is 0.0891 e. The van der Waals surface area contributed by atoms with E-state index in [1.54, 1.807) is 0 Å². The van der Waals surface area contributed by atoms with Gasteiger partial charge < -0.3 is 4.90 Å². The lowest BCUT2D eigenvalue weighted by molar-refractivity contribution is 0.123. The summed E-state index contributed by atoms with van der Waals surface area (Å²) in [5.74, 6) is 1.27. The predicted molar refractivity (Wildman–Crippen MR) is 42.8 cm³/mol. The Morgan fingerprint density at radius 1 is 1.70 bits per heavy atom. The summed E-state index contributed by atoms with van der Waals surface area (Å²) in [5.41, 5.74) is 0. The summed E-state index contributed by atoms with van der Waals surface area (Å²) in [7, 11) is -1.09. The molecular weight excluding hydrogens is 148 g/mol. The Morgan fingerprint density at radius 2 is 2.30 bits per heavy atom. The molecule has 0 spiro atoms. The van der Waals surface area contributed by atoms with Crippen molar-refractivity contribution in [3.8, 4) is 0 Å². The normalized spacial score (nSPS) is 24.2. The molecule has 1 fully saturated rings. The molecule has 60 valence electrons. The van der Waals surface area contributed by atoms with Crippen molar-refractivity contribution in [1.29, 1.82) is 0 Å². The third-order valence-corrected chi connectivity index (χ3v) is 2.68. The van der Waals surface area contributed by atoms with E-state index >= 15 is 0 Å². The second kappa shape index (κ2) is 3.46. The lowest BCUT2D eigenvalue weighted by Gasteiger charge is -2.37. The first-order valence-corrected chi connectivity index (χ1v) is 4.95. The van der Waals surface area contributed by atoms with Crippen LogP contribution in [0.5, 0.6) is 0 Å². The maximum absolute atomic E-state index is 10.5. The molecule has 0 aromatic rings. The molecule has 0 amide bonds. The van der Waals surface area contributed by atoms with Crippen LogP contribution in [0, 0.1) is 5.92 Å². The first-order chi connectivity index (χ1) is 4.72. The third kappa shape index (κ3) is 2.04. The van der Waals surface area contributed by atoms with E-state index in [1.165, 1.54) is 0 Å². The highest BCUT2D eigenvalue weighted by atomic mass is 32.2. The fraction of sp³-hybridized carbons (Fsp3) is 1.00. The zero-order valence-corrected chi connectivity index (χ0v) is 7.06. The molecule has 3 nitrogen and oxygen atoms in total. The van der Waals surface area contributed by atoms with Gasteiger partial charge >= 0.3 is 0 Å². The lowest BCUT2D eigenvalue weighted by Crippen LogP contribution is -2.48. The van der Waals surface area contributed by atoms with E-state index < -0.39 is 11.0 Å². The summed E-state index contributed by atoms with van der Waals surface area (Å²) in [6.45, 7) is 5.40. The monoisotopic (exact) mass is 162 g/mol. The van der Waals surface area contributed by atoms with Crippen LogP contribution in [0.1, 0.15) is 6.92 Å². The molecule has 1 heterocycles. The summed E-state index contributed by atoms with van der Waals surface area (Å²) in [5, 5.41) is 5.14. The zero-order valence-electron chi connectivity index (χ0n) is 6.25. The van der Waals surface area contributed by atoms with Crippen molar-refractivity contribution in [2.75, 3.05) is 25.4 Å². The van der Waals surface area contributed by atoms with E-state index in [4.69, 9.17) is 5.14 Å². The fourth-order valence-corrected chi connectivity index (χ4v) is 1.95. The van der Waals surface area contributed by atoms with Crippen LogP contribution in [0.25, 0.3) is 0 Å². The maximum atomic E-state index is 10.5. The highest BCUT2D eigenvalue weighted by Crippen LogP contribution is 2.14. The van der Waals surface area contributed by atoms with Crippen LogP contribution >= 0.6 is 0 Å². The quantitative estimate of drug-likeness (QED) is 0.611. The molecule has 1 saturated heterocycles. The molecule has 1 unspecified atom stereocenters. The van der Waals surface area contributed by atoms with Gasteiger partial charge in [-0.15, -0.1) is 0 Å². The van der Waals surface area contributed by atoms with Gasteiger partial charge in [-0.25, -0.2) is 4.21 Å². The van der Waals surface area contributed by atoms with Crippen molar-refractivity contribution in [2.24, 2.45) is 11.1 Å². The Bertz CT molecular complexity index is 134. The van der Waals surface area contributed by atoms with E-state index in [0.717, 1.165) is 19.6 Å². The van der Waals surface area contributed by atoms with Gasteiger partial charge in [-0.05, 0) is 12.5 Å². The van der Waals surface area contributed by atoms with Crippen molar-refractivity contribution in [3.05, 3.63) is 0 Å². The van der Waals surface area contributed by atoms with Gasteiger partial charge in [0.1, 0.15) is 0 Å². The number of likely N-dealkylation sites (tertiary alicyclic amines) is 1. The number of hydrogen-bond donors (Lipinski definition) is 1. The van der Waals surface area contributed by atoms with Crippen molar-refractivity contribution in [3.63, 3.8) is 0 Å². The van der Waals surface area contributed by atoms with Gasteiger partial charge in [0.25, 0.3) is 0 Å². The van der Waals surface area contributed by atoms with Gasteiger partial charge in [-0.3, -0.25) is 5.14 Å². The second-order valence-electron chi connectivity index (χ2n) is 2.77. The average Bonchev–Trinajstić information content (AvgIpc) is 1.76. The highest BCUT2D eigenvalue weighted by molar-refractivity contribution is 7.82. The zero-order chi connectivity index (χ0) is 7.56. The minimum absolute atomic E-state index is 0.589. The van der Waals surface area contributed by atoms with Crippen molar-refractivity contribution in [1.82, 2.24) is 4.90 Å². The molecule has 1 aliphatic heterocycles. The van der Waals surface area contributed by atoms with E-state index in [0.29, 0.717) is 11.7 Å². The predicted octanol–water partition coefficient (Wildman–Crippen LogP) is -0.439. The Balaban J connectivity index is 2.08. The van der Waals surface area contributed by atoms with Crippen molar-refractivity contribution < 1.29 is 4.21 Å². The van der Waals surface area contributed by atoms with Crippen LogP contribution in [0.4, 0.5) is 0 Å². The average molecular weight is 162 g/mol. The SMILES string of the molecule is CCN1CC(CS(N)=O)C1. The van der Waals surface area contributed by atoms with Gasteiger partial charge in [-0.2, -0.15) is 0 Å². The molecule has 1 rings (SSSR count). The summed E-state index contributed by atoms with van der Waals surface area (Å²) in [6, 6.07) is 0. The number of rotatable bonds is 3. The van der Waals surface area contributed by atoms with Crippen LogP contribution in [0.2, 0.25) is 0 Å². The van der Waals surface area contributed by atoms with Gasteiger partial charge in [0.15, 0.2) is 0 Å². The van der Waals surface area contributed by atoms with E-state index in [2.05, 4.69) is 11.8 Å². The molecule has 1 atom stereocenters. The Hall–Kier alpha value is 0.0700. The molecule has 0 radical (unpaired) electrons. The molecular formula is C6H14N2OS. The van der Waals surface area contributed by atoms with Gasteiger partial charge in [-0.1, -0.05) is 6.92 Å². The van der Waals surface area contributed by atoms with Gasteiger partial charge in [0.05, 0.1) is 11.0 Å². The van der Waals surface area contributed by atoms with E-state index in [-0.39, 0.29) is 0 Å². The van der Waals surface area contributed by atoms with Crippen molar-refractivity contribution >= 4 is 11.0 Å². The molecule has 10 heavy (non-hydrogen) atoms. The highest BCUT2D eigenvalue weighted by Gasteiger charge is 2.25. The minimum atomic E-state index is -1.09. The maximum Gasteiger partial charge on any atom is 0.0891 e. The largest absolute Gasteiger partial charge is 0.303 e. The number of nitrogens with zero attached hydrogens (tertiary/aromatic N) is 1. The van der Waals surface area contributed by atoms with E-state index in [1.807, 2.05) is 0 Å². The Kier molecular flexibility index (Phi) is 2.82. The topological polar surface area (TPSA) is 46.3 Å². The van der Waals surface area contributed by atoms with Crippen LogP contribution < -0.4 is 5.14 Å².